The molecule has 0 spiro atoms. The maximum absolute atomic E-state index is 13.0. The Balaban J connectivity index is 1.75. The quantitative estimate of drug-likeness (QED) is 0.637. The third-order valence-corrected chi connectivity index (χ3v) is 8.28. The van der Waals surface area contributed by atoms with Crippen molar-refractivity contribution in [2.24, 2.45) is 5.92 Å². The van der Waals surface area contributed by atoms with Gasteiger partial charge in [-0.25, -0.2) is 8.42 Å². The summed E-state index contributed by atoms with van der Waals surface area (Å²) in [6.45, 7) is 7.30. The van der Waals surface area contributed by atoms with E-state index < -0.39 is 10.0 Å². The van der Waals surface area contributed by atoms with E-state index in [2.05, 4.69) is 23.5 Å². The van der Waals surface area contributed by atoms with E-state index in [1.54, 1.807) is 6.07 Å². The largest absolute Gasteiger partial charge is 0.494 e. The third-order valence-electron chi connectivity index (χ3n) is 6.23. The molecule has 2 aromatic carbocycles. The minimum atomic E-state index is -3.48. The lowest BCUT2D eigenvalue weighted by molar-refractivity contribution is 0.326. The van der Waals surface area contributed by atoms with Crippen molar-refractivity contribution < 1.29 is 13.2 Å². The highest BCUT2D eigenvalue weighted by Gasteiger charge is 2.39. The van der Waals surface area contributed by atoms with Crippen molar-refractivity contribution in [1.82, 2.24) is 4.31 Å². The molecule has 1 aliphatic heterocycles. The van der Waals surface area contributed by atoms with E-state index >= 15 is 0 Å². The molecule has 160 valence electrons. The Morgan fingerprint density at radius 1 is 1.07 bits per heavy atom. The monoisotopic (exact) mass is 426 g/mol. The zero-order chi connectivity index (χ0) is 21.3. The van der Waals surface area contributed by atoms with Crippen LogP contribution in [0, 0.1) is 5.92 Å². The number of nitrogens with zero attached hydrogens (tertiary/aromatic N) is 1. The minimum Gasteiger partial charge on any atom is -0.494 e. The van der Waals surface area contributed by atoms with Crippen molar-refractivity contribution >= 4 is 15.7 Å². The second kappa shape index (κ2) is 8.44. The van der Waals surface area contributed by atoms with Gasteiger partial charge in [0, 0.05) is 30.3 Å². The van der Waals surface area contributed by atoms with Gasteiger partial charge in [-0.15, -0.1) is 0 Å². The number of para-hydroxylation sites is 1. The second-order valence-electron chi connectivity index (χ2n) is 7.78. The Bertz CT molecular complexity index is 1040. The molecule has 0 bridgehead atoms. The molecule has 1 heterocycles. The van der Waals surface area contributed by atoms with Gasteiger partial charge < -0.3 is 10.1 Å². The van der Waals surface area contributed by atoms with Crippen LogP contribution in [0.25, 0.3) is 0 Å². The molecule has 0 fully saturated rings. The number of rotatable bonds is 7. The summed E-state index contributed by atoms with van der Waals surface area (Å²) in [4.78, 5) is 0.374. The number of ether oxygens (including phenoxy) is 1. The highest BCUT2D eigenvalue weighted by Crippen LogP contribution is 2.51. The normalized spacial score (nSPS) is 22.5. The molecule has 0 saturated carbocycles. The van der Waals surface area contributed by atoms with Crippen molar-refractivity contribution in [2.45, 2.75) is 44.0 Å². The molecule has 0 saturated heterocycles. The Labute approximate surface area is 179 Å². The molecule has 2 aliphatic rings. The summed E-state index contributed by atoms with van der Waals surface area (Å²) in [5.41, 5.74) is 3.22. The number of hydrogen-bond donors (Lipinski definition) is 1. The van der Waals surface area contributed by atoms with Crippen LogP contribution in [0.3, 0.4) is 0 Å². The molecule has 4 rings (SSSR count). The van der Waals surface area contributed by atoms with Crippen molar-refractivity contribution in [3.05, 3.63) is 65.7 Å². The fraction of sp³-hybridized carbons (Fsp3) is 0.417. The van der Waals surface area contributed by atoms with Gasteiger partial charge in [0.1, 0.15) is 5.75 Å². The van der Waals surface area contributed by atoms with Crippen LogP contribution in [0.4, 0.5) is 5.69 Å². The van der Waals surface area contributed by atoms with E-state index in [4.69, 9.17) is 4.74 Å². The molecule has 0 radical (unpaired) electrons. The second-order valence-corrected chi connectivity index (χ2v) is 9.72. The summed E-state index contributed by atoms with van der Waals surface area (Å²) >= 11 is 0. The lowest BCUT2D eigenvalue weighted by atomic mass is 9.77. The first-order valence-electron chi connectivity index (χ1n) is 10.8. The van der Waals surface area contributed by atoms with Crippen molar-refractivity contribution in [2.75, 3.05) is 25.0 Å². The van der Waals surface area contributed by atoms with Crippen LogP contribution in [-0.4, -0.2) is 32.4 Å². The first kappa shape index (κ1) is 20.9. The molecule has 0 amide bonds. The van der Waals surface area contributed by atoms with E-state index in [-0.39, 0.29) is 12.0 Å². The van der Waals surface area contributed by atoms with Crippen molar-refractivity contribution in [3.8, 4) is 5.75 Å². The summed E-state index contributed by atoms with van der Waals surface area (Å²) in [6.07, 6.45) is 5.40. The highest BCUT2D eigenvalue weighted by atomic mass is 32.2. The number of sulfonamides is 1. The van der Waals surface area contributed by atoms with Crippen LogP contribution in [0.15, 0.2) is 59.5 Å². The Kier molecular flexibility index (Phi) is 5.89. The third kappa shape index (κ3) is 3.52. The van der Waals surface area contributed by atoms with E-state index in [1.807, 2.05) is 51.1 Å². The van der Waals surface area contributed by atoms with Crippen LogP contribution < -0.4 is 10.1 Å². The van der Waals surface area contributed by atoms with E-state index in [0.29, 0.717) is 30.5 Å². The SMILES string of the molecule is CCOc1ccccc1C1Nc2ccc(S(=O)(=O)N(CC)CC)cc2C2C=CCC21. The Hall–Kier alpha value is -2.31. The molecule has 30 heavy (non-hydrogen) atoms. The van der Waals surface area contributed by atoms with Gasteiger partial charge >= 0.3 is 0 Å². The van der Waals surface area contributed by atoms with Gasteiger partial charge in [-0.3, -0.25) is 0 Å². The van der Waals surface area contributed by atoms with E-state index in [9.17, 15) is 8.42 Å². The molecule has 3 atom stereocenters. The molecule has 5 nitrogen and oxygen atoms in total. The number of allylic oxidation sites excluding steroid dienone is 2. The fourth-order valence-corrected chi connectivity index (χ4v) is 6.27. The summed E-state index contributed by atoms with van der Waals surface area (Å²) in [5.74, 6) is 1.42. The maximum Gasteiger partial charge on any atom is 0.243 e. The fourth-order valence-electron chi connectivity index (χ4n) is 4.78. The number of nitrogens with one attached hydrogen (secondary N) is 1. The Morgan fingerprint density at radius 3 is 2.57 bits per heavy atom. The number of fused-ring (bicyclic) bond motifs is 3. The topological polar surface area (TPSA) is 58.6 Å². The minimum absolute atomic E-state index is 0.116. The van der Waals surface area contributed by atoms with Gasteiger partial charge in [-0.1, -0.05) is 44.2 Å². The molecule has 3 unspecified atom stereocenters. The molecule has 0 aromatic heterocycles. The molecule has 1 N–H and O–H groups in total. The van der Waals surface area contributed by atoms with Crippen LogP contribution in [-0.2, 0) is 10.0 Å². The van der Waals surface area contributed by atoms with Gasteiger partial charge in [0.05, 0.1) is 17.5 Å². The van der Waals surface area contributed by atoms with Gasteiger partial charge in [-0.05, 0) is 49.1 Å². The van der Waals surface area contributed by atoms with Crippen LogP contribution in [0.2, 0.25) is 0 Å². The molecule has 6 heteroatoms. The van der Waals surface area contributed by atoms with E-state index in [1.165, 1.54) is 4.31 Å². The standard InChI is InChI=1S/C24H30N2O3S/c1-4-26(5-2)30(27,28)17-14-15-22-21(16-17)18-11-9-12-19(18)24(25-22)20-10-7-8-13-23(20)29-6-3/h7-11,13-16,18-19,24-25H,4-6,12H2,1-3H3. The Morgan fingerprint density at radius 2 is 1.83 bits per heavy atom. The zero-order valence-corrected chi connectivity index (χ0v) is 18.7. The molecular formula is C24H30N2O3S. The van der Waals surface area contributed by atoms with Crippen LogP contribution in [0.1, 0.15) is 50.3 Å². The first-order valence-corrected chi connectivity index (χ1v) is 12.2. The van der Waals surface area contributed by atoms with Crippen LogP contribution >= 0.6 is 0 Å². The van der Waals surface area contributed by atoms with E-state index in [0.717, 1.165) is 29.0 Å². The average Bonchev–Trinajstić information content (AvgIpc) is 3.24. The molecule has 2 aromatic rings. The zero-order valence-electron chi connectivity index (χ0n) is 17.8. The number of benzene rings is 2. The van der Waals surface area contributed by atoms with Gasteiger partial charge in [-0.2, -0.15) is 4.31 Å². The summed E-state index contributed by atoms with van der Waals surface area (Å²) in [5, 5.41) is 3.69. The lowest BCUT2D eigenvalue weighted by Crippen LogP contribution is -2.32. The van der Waals surface area contributed by atoms with Gasteiger partial charge in [0.25, 0.3) is 0 Å². The highest BCUT2D eigenvalue weighted by molar-refractivity contribution is 7.89. The van der Waals surface area contributed by atoms with Gasteiger partial charge in [0.2, 0.25) is 10.0 Å². The predicted octanol–water partition coefficient (Wildman–Crippen LogP) is 4.94. The van der Waals surface area contributed by atoms with Gasteiger partial charge in [0.15, 0.2) is 0 Å². The van der Waals surface area contributed by atoms with Crippen LogP contribution in [0.5, 0.6) is 5.75 Å². The predicted molar refractivity (Wildman–Crippen MR) is 121 cm³/mol. The number of hydrogen-bond acceptors (Lipinski definition) is 4. The number of anilines is 1. The molecule has 1 aliphatic carbocycles. The lowest BCUT2D eigenvalue weighted by Gasteiger charge is -2.38. The maximum atomic E-state index is 13.0. The average molecular weight is 427 g/mol. The molecular weight excluding hydrogens is 396 g/mol. The smallest absolute Gasteiger partial charge is 0.243 e. The summed E-state index contributed by atoms with van der Waals surface area (Å²) in [7, 11) is -3.48. The van der Waals surface area contributed by atoms with Crippen molar-refractivity contribution in [1.29, 1.82) is 0 Å². The van der Waals surface area contributed by atoms with Crippen molar-refractivity contribution in [3.63, 3.8) is 0 Å². The summed E-state index contributed by atoms with van der Waals surface area (Å²) in [6, 6.07) is 13.8. The summed E-state index contributed by atoms with van der Waals surface area (Å²) < 4.78 is 33.5. The first-order chi connectivity index (χ1) is 14.5.